The molecule has 2 N–H and O–H groups in total. The van der Waals surface area contributed by atoms with E-state index in [-0.39, 0.29) is 5.75 Å². The summed E-state index contributed by atoms with van der Waals surface area (Å²) < 4.78 is 46.5. The van der Waals surface area contributed by atoms with Gasteiger partial charge in [0.25, 0.3) is 0 Å². The van der Waals surface area contributed by atoms with Crippen molar-refractivity contribution < 1.29 is 22.6 Å². The lowest BCUT2D eigenvalue weighted by Gasteiger charge is -2.26. The third-order valence-electron chi connectivity index (χ3n) is 4.31. The van der Waals surface area contributed by atoms with Crippen molar-refractivity contribution in [3.8, 4) is 5.75 Å². The van der Waals surface area contributed by atoms with Crippen molar-refractivity contribution >= 4 is 5.96 Å². The van der Waals surface area contributed by atoms with Gasteiger partial charge in [-0.2, -0.15) is 13.2 Å². The van der Waals surface area contributed by atoms with Gasteiger partial charge in [0.1, 0.15) is 5.75 Å². The summed E-state index contributed by atoms with van der Waals surface area (Å²) in [5.41, 5.74) is 0.926. The Bertz CT molecular complexity index is 588. The van der Waals surface area contributed by atoms with E-state index in [1.807, 2.05) is 0 Å². The van der Waals surface area contributed by atoms with E-state index in [2.05, 4.69) is 20.5 Å². The number of hydrogen-bond acceptors (Lipinski definition) is 4. The monoisotopic (exact) mass is 402 g/mol. The highest BCUT2D eigenvalue weighted by Gasteiger charge is 2.28. The van der Waals surface area contributed by atoms with Gasteiger partial charge in [-0.3, -0.25) is 9.89 Å². The number of halogens is 3. The van der Waals surface area contributed by atoms with Gasteiger partial charge in [0, 0.05) is 33.2 Å². The van der Waals surface area contributed by atoms with Gasteiger partial charge in [-0.1, -0.05) is 12.1 Å². The van der Waals surface area contributed by atoms with Crippen LogP contribution in [-0.2, 0) is 11.3 Å². The van der Waals surface area contributed by atoms with Gasteiger partial charge in [-0.25, -0.2) is 0 Å². The molecule has 0 bridgehead atoms. The molecule has 2 rings (SSSR count). The Balaban J connectivity index is 1.60. The second kappa shape index (κ2) is 11.8. The molecule has 1 aliphatic heterocycles. The number of hydrogen-bond donors (Lipinski definition) is 2. The zero-order chi connectivity index (χ0) is 20.2. The van der Waals surface area contributed by atoms with Gasteiger partial charge in [0.05, 0.1) is 13.2 Å². The molecule has 0 aliphatic carbocycles. The predicted molar refractivity (Wildman–Crippen MR) is 103 cm³/mol. The van der Waals surface area contributed by atoms with E-state index < -0.39 is 12.8 Å². The maximum Gasteiger partial charge on any atom is 0.422 e. The first-order valence-corrected chi connectivity index (χ1v) is 9.49. The van der Waals surface area contributed by atoms with Crippen molar-refractivity contribution in [2.24, 2.45) is 4.99 Å². The number of guanidine groups is 1. The summed E-state index contributed by atoms with van der Waals surface area (Å²) in [5, 5.41) is 6.46. The Morgan fingerprint density at radius 1 is 1.14 bits per heavy atom. The number of alkyl halides is 3. The van der Waals surface area contributed by atoms with Crippen LogP contribution < -0.4 is 15.4 Å². The molecule has 1 aliphatic rings. The molecule has 1 aromatic carbocycles. The molecule has 6 nitrogen and oxygen atoms in total. The maximum absolute atomic E-state index is 12.2. The lowest BCUT2D eigenvalue weighted by molar-refractivity contribution is -0.153. The fourth-order valence-electron chi connectivity index (χ4n) is 2.77. The Labute approximate surface area is 164 Å². The topological polar surface area (TPSA) is 58.1 Å². The normalized spacial score (nSPS) is 16.1. The molecule has 0 aromatic heterocycles. The molecule has 1 aromatic rings. The minimum Gasteiger partial charge on any atom is -0.484 e. The zero-order valence-corrected chi connectivity index (χ0v) is 16.2. The maximum atomic E-state index is 12.2. The van der Waals surface area contributed by atoms with Crippen LogP contribution in [0.25, 0.3) is 0 Å². The number of morpholine rings is 1. The number of unbranched alkanes of at least 4 members (excludes halogenated alkanes) is 1. The zero-order valence-electron chi connectivity index (χ0n) is 16.2. The Kier molecular flexibility index (Phi) is 9.36. The molecule has 0 amide bonds. The first-order chi connectivity index (χ1) is 13.5. The van der Waals surface area contributed by atoms with Crippen molar-refractivity contribution in [3.05, 3.63) is 29.8 Å². The first-order valence-electron chi connectivity index (χ1n) is 9.49. The smallest absolute Gasteiger partial charge is 0.422 e. The molecule has 1 saturated heterocycles. The minimum absolute atomic E-state index is 0.198. The SMILES string of the molecule is CN=C(NCCCCN1CCOCC1)NCc1ccc(OCC(F)(F)F)cc1. The molecule has 9 heteroatoms. The molecule has 0 saturated carbocycles. The van der Waals surface area contributed by atoms with Gasteiger partial charge < -0.3 is 20.1 Å². The van der Waals surface area contributed by atoms with Gasteiger partial charge in [-0.15, -0.1) is 0 Å². The number of nitrogens with one attached hydrogen (secondary N) is 2. The number of benzene rings is 1. The third kappa shape index (κ3) is 9.27. The highest BCUT2D eigenvalue weighted by atomic mass is 19.4. The summed E-state index contributed by atoms with van der Waals surface area (Å²) in [6.07, 6.45) is -2.17. The molecule has 0 spiro atoms. The molecule has 1 heterocycles. The largest absolute Gasteiger partial charge is 0.484 e. The average molecular weight is 402 g/mol. The van der Waals surface area contributed by atoms with E-state index in [4.69, 9.17) is 9.47 Å². The van der Waals surface area contributed by atoms with Crippen LogP contribution in [0.1, 0.15) is 18.4 Å². The summed E-state index contributed by atoms with van der Waals surface area (Å²) in [5.74, 6) is 0.896. The molecule has 158 valence electrons. The Morgan fingerprint density at radius 2 is 1.86 bits per heavy atom. The fraction of sp³-hybridized carbons (Fsp3) is 0.632. The van der Waals surface area contributed by atoms with Gasteiger partial charge >= 0.3 is 6.18 Å². The van der Waals surface area contributed by atoms with E-state index in [1.54, 1.807) is 19.2 Å². The van der Waals surface area contributed by atoms with Crippen LogP contribution in [-0.4, -0.2) is 70.1 Å². The Morgan fingerprint density at radius 3 is 2.50 bits per heavy atom. The molecule has 28 heavy (non-hydrogen) atoms. The standard InChI is InChI=1S/C19H29F3N4O2/c1-23-18(24-8-2-3-9-26-10-12-27-13-11-26)25-14-16-4-6-17(7-5-16)28-15-19(20,21)22/h4-7H,2-3,8-15H2,1H3,(H2,23,24,25). The van der Waals surface area contributed by atoms with Crippen molar-refractivity contribution in [2.45, 2.75) is 25.6 Å². The van der Waals surface area contributed by atoms with Crippen LogP contribution in [0.4, 0.5) is 13.2 Å². The molecule has 0 atom stereocenters. The van der Waals surface area contributed by atoms with Gasteiger partial charge in [0.2, 0.25) is 0 Å². The van der Waals surface area contributed by atoms with Crippen LogP contribution in [0.3, 0.4) is 0 Å². The first kappa shape index (κ1) is 22.3. The summed E-state index contributed by atoms with van der Waals surface area (Å²) >= 11 is 0. The highest BCUT2D eigenvalue weighted by molar-refractivity contribution is 5.79. The second-order valence-corrected chi connectivity index (χ2v) is 6.56. The van der Waals surface area contributed by atoms with Crippen molar-refractivity contribution in [1.29, 1.82) is 0 Å². The second-order valence-electron chi connectivity index (χ2n) is 6.56. The number of rotatable bonds is 9. The number of aliphatic imine (C=N–C) groups is 1. The minimum atomic E-state index is -4.33. The van der Waals surface area contributed by atoms with E-state index in [9.17, 15) is 13.2 Å². The van der Waals surface area contributed by atoms with Crippen molar-refractivity contribution in [3.63, 3.8) is 0 Å². The van der Waals surface area contributed by atoms with E-state index in [0.717, 1.165) is 57.8 Å². The predicted octanol–water partition coefficient (Wildman–Crippen LogP) is 2.41. The van der Waals surface area contributed by atoms with Crippen molar-refractivity contribution in [1.82, 2.24) is 15.5 Å². The molecular formula is C19H29F3N4O2. The Hall–Kier alpha value is -2.00. The van der Waals surface area contributed by atoms with E-state index >= 15 is 0 Å². The number of ether oxygens (including phenoxy) is 2. The van der Waals surface area contributed by atoms with Crippen LogP contribution in [0.5, 0.6) is 5.75 Å². The highest BCUT2D eigenvalue weighted by Crippen LogP contribution is 2.18. The summed E-state index contributed by atoms with van der Waals surface area (Å²) in [6, 6.07) is 6.53. The van der Waals surface area contributed by atoms with E-state index in [1.165, 1.54) is 12.1 Å². The lowest BCUT2D eigenvalue weighted by Crippen LogP contribution is -2.38. The van der Waals surface area contributed by atoms with E-state index in [0.29, 0.717) is 12.5 Å². The summed E-state index contributed by atoms with van der Waals surface area (Å²) in [4.78, 5) is 6.60. The molecule has 1 fully saturated rings. The summed E-state index contributed by atoms with van der Waals surface area (Å²) in [6.45, 7) is 4.82. The van der Waals surface area contributed by atoms with Crippen LogP contribution in [0, 0.1) is 0 Å². The number of nitrogens with zero attached hydrogens (tertiary/aromatic N) is 2. The van der Waals surface area contributed by atoms with Crippen LogP contribution in [0.2, 0.25) is 0 Å². The molecule has 0 radical (unpaired) electrons. The lowest BCUT2D eigenvalue weighted by atomic mass is 10.2. The van der Waals surface area contributed by atoms with Crippen LogP contribution >= 0.6 is 0 Å². The third-order valence-corrected chi connectivity index (χ3v) is 4.31. The fourth-order valence-corrected chi connectivity index (χ4v) is 2.77. The van der Waals surface area contributed by atoms with Crippen LogP contribution in [0.15, 0.2) is 29.3 Å². The average Bonchev–Trinajstić information content (AvgIpc) is 2.69. The van der Waals surface area contributed by atoms with Gasteiger partial charge in [0.15, 0.2) is 12.6 Å². The van der Waals surface area contributed by atoms with Crippen molar-refractivity contribution in [2.75, 3.05) is 53.0 Å². The summed E-state index contributed by atoms with van der Waals surface area (Å²) in [7, 11) is 1.71. The van der Waals surface area contributed by atoms with Gasteiger partial charge in [-0.05, 0) is 37.1 Å². The quantitative estimate of drug-likeness (QED) is 0.377. The molecule has 0 unspecified atom stereocenters. The molecular weight excluding hydrogens is 373 g/mol.